The quantitative estimate of drug-likeness (QED) is 0.592. The summed E-state index contributed by atoms with van der Waals surface area (Å²) in [6.45, 7) is 5.41. The van der Waals surface area contributed by atoms with Crippen molar-refractivity contribution < 1.29 is 14.4 Å². The van der Waals surface area contributed by atoms with Gasteiger partial charge in [0.05, 0.1) is 16.8 Å². The van der Waals surface area contributed by atoms with E-state index in [4.69, 9.17) is 11.6 Å². The number of para-hydroxylation sites is 1. The molecule has 0 radical (unpaired) electrons. The van der Waals surface area contributed by atoms with Gasteiger partial charge in [0.25, 0.3) is 5.91 Å². The van der Waals surface area contributed by atoms with Crippen LogP contribution in [0.25, 0.3) is 0 Å². The summed E-state index contributed by atoms with van der Waals surface area (Å²) in [6, 6.07) is 8.43. The van der Waals surface area contributed by atoms with Crippen molar-refractivity contribution in [2.45, 2.75) is 45.3 Å². The second kappa shape index (κ2) is 10.1. The van der Waals surface area contributed by atoms with Crippen LogP contribution in [0.4, 0.5) is 11.5 Å². The molecule has 0 bridgehead atoms. The van der Waals surface area contributed by atoms with Crippen LogP contribution in [-0.2, 0) is 20.8 Å². The van der Waals surface area contributed by atoms with Crippen LogP contribution < -0.4 is 20.9 Å². The van der Waals surface area contributed by atoms with Crippen molar-refractivity contribution in [2.75, 3.05) is 17.3 Å². The van der Waals surface area contributed by atoms with E-state index in [1.807, 2.05) is 19.9 Å². The van der Waals surface area contributed by atoms with Gasteiger partial charge in [0.1, 0.15) is 17.9 Å². The fourth-order valence-corrected chi connectivity index (χ4v) is 3.76. The molecule has 0 fully saturated rings. The van der Waals surface area contributed by atoms with E-state index in [-0.39, 0.29) is 23.6 Å². The van der Waals surface area contributed by atoms with Gasteiger partial charge >= 0.3 is 0 Å². The Labute approximate surface area is 192 Å². The van der Waals surface area contributed by atoms with E-state index < -0.39 is 18.1 Å². The van der Waals surface area contributed by atoms with Gasteiger partial charge in [-0.2, -0.15) is 0 Å². The second-order valence-corrected chi connectivity index (χ2v) is 8.53. The molecule has 1 aliphatic rings. The average molecular weight is 458 g/mol. The number of aromatic nitrogens is 1. The summed E-state index contributed by atoms with van der Waals surface area (Å²) < 4.78 is 0. The van der Waals surface area contributed by atoms with Crippen molar-refractivity contribution in [3.8, 4) is 0 Å². The van der Waals surface area contributed by atoms with Crippen LogP contribution in [0.5, 0.6) is 0 Å². The van der Waals surface area contributed by atoms with Crippen LogP contribution in [0.15, 0.2) is 42.6 Å². The predicted octanol–water partition coefficient (Wildman–Crippen LogP) is 2.38. The molecule has 1 aromatic carbocycles. The first-order chi connectivity index (χ1) is 15.2. The number of pyridine rings is 1. The van der Waals surface area contributed by atoms with Gasteiger partial charge in [0.2, 0.25) is 11.8 Å². The Bertz CT molecular complexity index is 1010. The molecule has 0 unspecified atom stereocenters. The van der Waals surface area contributed by atoms with Crippen molar-refractivity contribution in [2.24, 2.45) is 5.92 Å². The third-order valence-corrected chi connectivity index (χ3v) is 5.88. The molecule has 9 heteroatoms. The van der Waals surface area contributed by atoms with Gasteiger partial charge in [0.15, 0.2) is 0 Å². The molecule has 32 heavy (non-hydrogen) atoms. The van der Waals surface area contributed by atoms with Crippen LogP contribution in [0.1, 0.15) is 26.3 Å². The first-order valence-corrected chi connectivity index (χ1v) is 10.9. The number of nitrogens with zero attached hydrogens (tertiary/aromatic N) is 2. The predicted molar refractivity (Wildman–Crippen MR) is 125 cm³/mol. The Morgan fingerprint density at radius 3 is 2.50 bits per heavy atom. The molecule has 8 nitrogen and oxygen atoms in total. The third-order valence-electron chi connectivity index (χ3n) is 5.55. The summed E-state index contributed by atoms with van der Waals surface area (Å²) in [6.07, 6.45) is 1.90. The normalized spacial score (nSPS) is 16.9. The van der Waals surface area contributed by atoms with Crippen molar-refractivity contribution in [1.29, 1.82) is 0 Å². The van der Waals surface area contributed by atoms with Crippen molar-refractivity contribution in [3.63, 3.8) is 0 Å². The molecule has 0 saturated carbocycles. The lowest BCUT2D eigenvalue weighted by Crippen LogP contribution is -2.57. The molecule has 1 aliphatic heterocycles. The highest BCUT2D eigenvalue weighted by atomic mass is 35.5. The molecule has 0 spiro atoms. The lowest BCUT2D eigenvalue weighted by Gasteiger charge is -2.31. The minimum Gasteiger partial charge on any atom is -0.343 e. The summed E-state index contributed by atoms with van der Waals surface area (Å²) in [5.74, 6) is -0.818. The molecule has 3 atom stereocenters. The maximum Gasteiger partial charge on any atom is 0.251 e. The summed E-state index contributed by atoms with van der Waals surface area (Å²) in [7, 11) is 1.67. The number of halogens is 1. The number of rotatable bonds is 7. The minimum absolute atomic E-state index is 0.199. The lowest BCUT2D eigenvalue weighted by atomic mass is 10.0. The zero-order chi connectivity index (χ0) is 23.4. The van der Waals surface area contributed by atoms with Gasteiger partial charge in [-0.1, -0.05) is 43.6 Å². The Kier molecular flexibility index (Phi) is 7.48. The zero-order valence-electron chi connectivity index (χ0n) is 18.6. The molecule has 0 aliphatic carbocycles. The summed E-state index contributed by atoms with van der Waals surface area (Å²) in [4.78, 5) is 45.2. The number of benzene rings is 1. The van der Waals surface area contributed by atoms with Gasteiger partial charge < -0.3 is 16.0 Å². The Morgan fingerprint density at radius 1 is 1.12 bits per heavy atom. The van der Waals surface area contributed by atoms with E-state index >= 15 is 0 Å². The zero-order valence-corrected chi connectivity index (χ0v) is 19.3. The first kappa shape index (κ1) is 23.7. The summed E-state index contributed by atoms with van der Waals surface area (Å²) in [5.41, 5.74) is 1.25. The molecule has 2 aromatic rings. The average Bonchev–Trinajstić information content (AvgIpc) is 3.17. The molecule has 1 aromatic heterocycles. The summed E-state index contributed by atoms with van der Waals surface area (Å²) in [5, 5.41) is 8.91. The van der Waals surface area contributed by atoms with E-state index in [9.17, 15) is 14.4 Å². The third kappa shape index (κ3) is 4.92. The second-order valence-electron chi connectivity index (χ2n) is 8.12. The number of amides is 3. The number of anilines is 2. The maximum absolute atomic E-state index is 13.7. The van der Waals surface area contributed by atoms with Crippen LogP contribution >= 0.6 is 11.6 Å². The molecule has 3 amide bonds. The monoisotopic (exact) mass is 457 g/mol. The van der Waals surface area contributed by atoms with Gasteiger partial charge in [-0.15, -0.1) is 0 Å². The van der Waals surface area contributed by atoms with E-state index in [0.29, 0.717) is 22.9 Å². The number of fused-ring (bicyclic) bond motifs is 1. The van der Waals surface area contributed by atoms with Crippen LogP contribution in [-0.4, -0.2) is 47.9 Å². The molecule has 3 rings (SSSR count). The van der Waals surface area contributed by atoms with Crippen molar-refractivity contribution in [1.82, 2.24) is 15.6 Å². The fourth-order valence-electron chi connectivity index (χ4n) is 3.57. The van der Waals surface area contributed by atoms with E-state index in [0.717, 1.165) is 5.56 Å². The van der Waals surface area contributed by atoms with Gasteiger partial charge in [0, 0.05) is 12.6 Å². The van der Waals surface area contributed by atoms with E-state index in [2.05, 4.69) is 20.9 Å². The number of likely N-dealkylation sites (N-methyl/N-ethyl adjacent to an activating group) is 1. The topological polar surface area (TPSA) is 103 Å². The summed E-state index contributed by atoms with van der Waals surface area (Å²) >= 11 is 6.19. The largest absolute Gasteiger partial charge is 0.343 e. The number of nitrogens with one attached hydrogen (secondary N) is 3. The molecular formula is C23H28ClN5O3. The Morgan fingerprint density at radius 2 is 1.84 bits per heavy atom. The van der Waals surface area contributed by atoms with Gasteiger partial charge in [-0.3, -0.25) is 19.3 Å². The van der Waals surface area contributed by atoms with E-state index in [1.165, 1.54) is 4.90 Å². The molecule has 2 heterocycles. The highest BCUT2D eigenvalue weighted by Gasteiger charge is 2.43. The highest BCUT2D eigenvalue weighted by molar-refractivity contribution is 6.33. The van der Waals surface area contributed by atoms with E-state index in [1.54, 1.807) is 50.5 Å². The highest BCUT2D eigenvalue weighted by Crippen LogP contribution is 2.32. The lowest BCUT2D eigenvalue weighted by molar-refractivity contribution is -0.130. The van der Waals surface area contributed by atoms with Crippen molar-refractivity contribution >= 4 is 40.8 Å². The Hall–Kier alpha value is -2.97. The molecular weight excluding hydrogens is 430 g/mol. The smallest absolute Gasteiger partial charge is 0.251 e. The maximum atomic E-state index is 13.7. The first-order valence-electron chi connectivity index (χ1n) is 10.5. The van der Waals surface area contributed by atoms with Crippen molar-refractivity contribution in [3.05, 3.63) is 53.2 Å². The van der Waals surface area contributed by atoms with Gasteiger partial charge in [-0.25, -0.2) is 4.98 Å². The minimum atomic E-state index is -0.818. The molecule has 170 valence electrons. The Balaban J connectivity index is 1.91. The fraction of sp³-hybridized carbons (Fsp3) is 0.391. The van der Waals surface area contributed by atoms with Crippen LogP contribution in [0.3, 0.4) is 0 Å². The van der Waals surface area contributed by atoms with Crippen LogP contribution in [0, 0.1) is 5.92 Å². The number of carbonyl (C=O) groups excluding carboxylic acids is 3. The van der Waals surface area contributed by atoms with Gasteiger partial charge in [-0.05, 0) is 43.7 Å². The number of hydrogen-bond acceptors (Lipinski definition) is 5. The van der Waals surface area contributed by atoms with Crippen LogP contribution in [0.2, 0.25) is 5.02 Å². The standard InChI is InChI=1S/C23H28ClN5O3/c1-13(2)19(28-21(30)14(3)25-4)23(32)29-18(12-15-8-7-11-26-20(15)29)22(31)27-17-10-6-5-9-16(17)24/h5-11,13-14,18-19,25H,12H2,1-4H3,(H,27,31)(H,28,30)/t14-,18-,19-/m0/s1. The number of hydrogen-bond donors (Lipinski definition) is 3. The molecule has 3 N–H and O–H groups in total. The number of carbonyl (C=O) groups is 3. The molecule has 0 saturated heterocycles. The SMILES string of the molecule is CN[C@@H](C)C(=O)N[C@H](C(=O)N1c2ncccc2C[C@H]1C(=O)Nc1ccccc1Cl)C(C)C.